The molecule has 0 spiro atoms. The molecule has 3 N–H and O–H groups in total. The van der Waals surface area contributed by atoms with Gasteiger partial charge < -0.3 is 11.1 Å². The van der Waals surface area contributed by atoms with Gasteiger partial charge in [0, 0.05) is 12.2 Å². The van der Waals surface area contributed by atoms with Crippen LogP contribution in [0, 0.1) is 5.92 Å². The molecule has 106 valence electrons. The number of para-hydroxylation sites is 1. The van der Waals surface area contributed by atoms with E-state index in [1.165, 1.54) is 32.1 Å². The predicted molar refractivity (Wildman–Crippen MR) is 93.2 cm³/mol. The van der Waals surface area contributed by atoms with E-state index in [0.29, 0.717) is 5.96 Å². The Balaban J connectivity index is 0.00000180. The van der Waals surface area contributed by atoms with Crippen LogP contribution in [-0.4, -0.2) is 12.5 Å². The molecule has 0 aliphatic heterocycles. The molecule has 3 nitrogen and oxygen atoms in total. The number of guanidine groups is 1. The van der Waals surface area contributed by atoms with Gasteiger partial charge in [-0.2, -0.15) is 0 Å². The first-order chi connectivity index (χ1) is 8.84. The normalized spacial score (nSPS) is 16.1. The molecule has 1 aliphatic rings. The standard InChI is InChI=1S/C15H23N3.HI/c16-15(18-14-10-2-1-3-11-14)17-12-6-9-13-7-4-5-8-13;/h1-3,10-11,13H,4-9,12H2,(H3,16,17,18);1H. The van der Waals surface area contributed by atoms with E-state index in [1.807, 2.05) is 30.3 Å². The van der Waals surface area contributed by atoms with Crippen LogP contribution >= 0.6 is 24.0 Å². The van der Waals surface area contributed by atoms with Crippen molar-refractivity contribution >= 4 is 35.6 Å². The average molecular weight is 373 g/mol. The highest BCUT2D eigenvalue weighted by atomic mass is 127. The fraction of sp³-hybridized carbons (Fsp3) is 0.533. The van der Waals surface area contributed by atoms with E-state index in [2.05, 4.69) is 10.3 Å². The summed E-state index contributed by atoms with van der Waals surface area (Å²) in [7, 11) is 0. The van der Waals surface area contributed by atoms with Gasteiger partial charge in [-0.05, 0) is 30.9 Å². The first-order valence-corrected chi connectivity index (χ1v) is 6.96. The molecule has 0 atom stereocenters. The maximum atomic E-state index is 5.84. The van der Waals surface area contributed by atoms with Gasteiger partial charge in [0.05, 0.1) is 0 Å². The molecule has 0 saturated heterocycles. The zero-order chi connectivity index (χ0) is 12.6. The van der Waals surface area contributed by atoms with Gasteiger partial charge in [-0.25, -0.2) is 0 Å². The Kier molecular flexibility index (Phi) is 7.86. The highest BCUT2D eigenvalue weighted by molar-refractivity contribution is 14.0. The highest BCUT2D eigenvalue weighted by Crippen LogP contribution is 2.28. The summed E-state index contributed by atoms with van der Waals surface area (Å²) < 4.78 is 0. The summed E-state index contributed by atoms with van der Waals surface area (Å²) in [6.45, 7) is 0.835. The van der Waals surface area contributed by atoms with Crippen LogP contribution in [0.1, 0.15) is 38.5 Å². The van der Waals surface area contributed by atoms with Crippen LogP contribution in [0.2, 0.25) is 0 Å². The second-order valence-electron chi connectivity index (χ2n) is 5.05. The molecule has 0 aromatic heterocycles. The molecule has 2 rings (SSSR count). The number of nitrogens with zero attached hydrogens (tertiary/aromatic N) is 1. The van der Waals surface area contributed by atoms with Crippen molar-refractivity contribution < 1.29 is 0 Å². The minimum Gasteiger partial charge on any atom is -0.370 e. The fourth-order valence-electron chi connectivity index (χ4n) is 2.59. The summed E-state index contributed by atoms with van der Waals surface area (Å²) in [5.41, 5.74) is 6.83. The Bertz CT molecular complexity index is 372. The summed E-state index contributed by atoms with van der Waals surface area (Å²) >= 11 is 0. The van der Waals surface area contributed by atoms with Crippen molar-refractivity contribution in [1.82, 2.24) is 0 Å². The summed E-state index contributed by atoms with van der Waals surface area (Å²) in [6.07, 6.45) is 8.14. The fourth-order valence-corrected chi connectivity index (χ4v) is 2.59. The second kappa shape index (κ2) is 9.18. The smallest absolute Gasteiger partial charge is 0.193 e. The van der Waals surface area contributed by atoms with Crippen molar-refractivity contribution in [3.63, 3.8) is 0 Å². The summed E-state index contributed by atoms with van der Waals surface area (Å²) in [5.74, 6) is 1.47. The molecular weight excluding hydrogens is 349 g/mol. The number of aliphatic imine (C=N–C) groups is 1. The number of benzene rings is 1. The van der Waals surface area contributed by atoms with Crippen molar-refractivity contribution in [3.05, 3.63) is 30.3 Å². The minimum absolute atomic E-state index is 0. The number of nitrogens with one attached hydrogen (secondary N) is 1. The zero-order valence-corrected chi connectivity index (χ0v) is 13.7. The van der Waals surface area contributed by atoms with E-state index in [-0.39, 0.29) is 24.0 Å². The summed E-state index contributed by atoms with van der Waals surface area (Å²) in [6, 6.07) is 9.92. The molecule has 1 aromatic rings. The van der Waals surface area contributed by atoms with Gasteiger partial charge >= 0.3 is 0 Å². The molecule has 0 unspecified atom stereocenters. The van der Waals surface area contributed by atoms with Crippen LogP contribution < -0.4 is 11.1 Å². The van der Waals surface area contributed by atoms with Crippen LogP contribution in [0.15, 0.2) is 35.3 Å². The predicted octanol–water partition coefficient (Wildman–Crippen LogP) is 4.00. The van der Waals surface area contributed by atoms with Gasteiger partial charge in [0.15, 0.2) is 5.96 Å². The van der Waals surface area contributed by atoms with Gasteiger partial charge in [-0.15, -0.1) is 24.0 Å². The van der Waals surface area contributed by atoms with Gasteiger partial charge in [0.2, 0.25) is 0 Å². The van der Waals surface area contributed by atoms with Crippen LogP contribution in [0.3, 0.4) is 0 Å². The number of anilines is 1. The third-order valence-corrected chi connectivity index (χ3v) is 3.57. The van der Waals surface area contributed by atoms with Crippen molar-refractivity contribution in [2.75, 3.05) is 11.9 Å². The molecule has 0 heterocycles. The molecule has 0 bridgehead atoms. The first-order valence-electron chi connectivity index (χ1n) is 6.96. The molecule has 0 amide bonds. The van der Waals surface area contributed by atoms with Crippen molar-refractivity contribution in [2.24, 2.45) is 16.6 Å². The van der Waals surface area contributed by atoms with E-state index in [9.17, 15) is 0 Å². The van der Waals surface area contributed by atoms with E-state index in [4.69, 9.17) is 5.73 Å². The Morgan fingerprint density at radius 1 is 1.21 bits per heavy atom. The first kappa shape index (κ1) is 16.3. The van der Waals surface area contributed by atoms with Gasteiger partial charge in [-0.1, -0.05) is 43.9 Å². The van der Waals surface area contributed by atoms with E-state index in [0.717, 1.165) is 24.6 Å². The van der Waals surface area contributed by atoms with E-state index < -0.39 is 0 Å². The quantitative estimate of drug-likeness (QED) is 0.355. The second-order valence-corrected chi connectivity index (χ2v) is 5.05. The van der Waals surface area contributed by atoms with Crippen molar-refractivity contribution in [3.8, 4) is 0 Å². The number of rotatable bonds is 5. The third-order valence-electron chi connectivity index (χ3n) is 3.57. The zero-order valence-electron chi connectivity index (χ0n) is 11.3. The lowest BCUT2D eigenvalue weighted by Crippen LogP contribution is -2.22. The Labute approximate surface area is 133 Å². The van der Waals surface area contributed by atoms with Crippen LogP contribution in [0.25, 0.3) is 0 Å². The summed E-state index contributed by atoms with van der Waals surface area (Å²) in [5, 5.41) is 3.10. The van der Waals surface area contributed by atoms with Gasteiger partial charge in [0.25, 0.3) is 0 Å². The van der Waals surface area contributed by atoms with Crippen molar-refractivity contribution in [1.29, 1.82) is 0 Å². The Morgan fingerprint density at radius 3 is 2.58 bits per heavy atom. The minimum atomic E-state index is 0. The molecule has 1 fully saturated rings. The molecule has 1 saturated carbocycles. The molecular formula is C15H24IN3. The molecule has 4 heteroatoms. The Hall–Kier alpha value is -0.780. The maximum absolute atomic E-state index is 5.84. The molecule has 1 aromatic carbocycles. The Morgan fingerprint density at radius 2 is 1.89 bits per heavy atom. The molecule has 0 radical (unpaired) electrons. The van der Waals surface area contributed by atoms with E-state index in [1.54, 1.807) is 0 Å². The SMILES string of the molecule is I.NC(=NCCCC1CCCC1)Nc1ccccc1. The summed E-state index contributed by atoms with van der Waals surface area (Å²) in [4.78, 5) is 4.36. The molecule has 19 heavy (non-hydrogen) atoms. The van der Waals surface area contributed by atoms with Gasteiger partial charge in [-0.3, -0.25) is 4.99 Å². The largest absolute Gasteiger partial charge is 0.370 e. The van der Waals surface area contributed by atoms with Crippen LogP contribution in [0.4, 0.5) is 5.69 Å². The van der Waals surface area contributed by atoms with Crippen molar-refractivity contribution in [2.45, 2.75) is 38.5 Å². The number of nitrogens with two attached hydrogens (primary N) is 1. The highest BCUT2D eigenvalue weighted by Gasteiger charge is 2.13. The lowest BCUT2D eigenvalue weighted by Gasteiger charge is -2.07. The molecule has 1 aliphatic carbocycles. The maximum Gasteiger partial charge on any atom is 0.193 e. The third kappa shape index (κ3) is 6.27. The van der Waals surface area contributed by atoms with Crippen LogP contribution in [-0.2, 0) is 0 Å². The monoisotopic (exact) mass is 373 g/mol. The topological polar surface area (TPSA) is 50.4 Å². The average Bonchev–Trinajstić information content (AvgIpc) is 2.89. The van der Waals surface area contributed by atoms with Crippen LogP contribution in [0.5, 0.6) is 0 Å². The number of hydrogen-bond donors (Lipinski definition) is 2. The number of hydrogen-bond acceptors (Lipinski definition) is 1. The lowest BCUT2D eigenvalue weighted by molar-refractivity contribution is 0.488. The number of halogens is 1. The lowest BCUT2D eigenvalue weighted by atomic mass is 10.0. The van der Waals surface area contributed by atoms with E-state index >= 15 is 0 Å². The van der Waals surface area contributed by atoms with Gasteiger partial charge in [0.1, 0.15) is 0 Å².